The number of likely N-dealkylation sites (tertiary alicyclic amines) is 1. The monoisotopic (exact) mass is 791 g/mol. The van der Waals surface area contributed by atoms with E-state index >= 15 is 0 Å². The van der Waals surface area contributed by atoms with Crippen molar-refractivity contribution in [3.05, 3.63) is 52.1 Å². The summed E-state index contributed by atoms with van der Waals surface area (Å²) in [6, 6.07) is 3.55. The number of piperazine rings is 1. The molecule has 57 heavy (non-hydrogen) atoms. The molecule has 3 aliphatic rings. The molecule has 2 aromatic rings. The molecular weight excluding hydrogens is 730 g/mol. The predicted molar refractivity (Wildman–Crippen MR) is 219 cm³/mol. The van der Waals surface area contributed by atoms with Gasteiger partial charge >= 0.3 is 0 Å². The highest BCUT2D eigenvalue weighted by molar-refractivity contribution is 6.35. The average molecular weight is 792 g/mol. The number of carbonyl (C=O) groups is 5. The highest BCUT2D eigenvalue weighted by Gasteiger charge is 2.38. The van der Waals surface area contributed by atoms with Crippen molar-refractivity contribution in [2.75, 3.05) is 57.7 Å². The van der Waals surface area contributed by atoms with Gasteiger partial charge < -0.3 is 35.8 Å². The van der Waals surface area contributed by atoms with Gasteiger partial charge in [-0.1, -0.05) is 46.5 Å². The molecule has 4 heterocycles. The first-order valence-electron chi connectivity index (χ1n) is 20.7. The van der Waals surface area contributed by atoms with E-state index in [1.165, 1.54) is 18.2 Å². The zero-order valence-corrected chi connectivity index (χ0v) is 34.4. The number of halogens is 1. The molecule has 312 valence electrons. The second-order valence-corrected chi connectivity index (χ2v) is 16.9. The molecule has 14 heteroatoms. The van der Waals surface area contributed by atoms with Crippen LogP contribution in [-0.4, -0.2) is 119 Å². The molecule has 5 N–H and O–H groups in total. The molecule has 5 amide bonds. The molecule has 0 radical (unpaired) electrons. The molecule has 0 aliphatic carbocycles. The van der Waals surface area contributed by atoms with E-state index in [-0.39, 0.29) is 29.5 Å². The van der Waals surface area contributed by atoms with Crippen LogP contribution < -0.4 is 16.0 Å². The Bertz CT molecular complexity index is 1810. The summed E-state index contributed by atoms with van der Waals surface area (Å²) in [6.45, 7) is 14.6. The van der Waals surface area contributed by atoms with Crippen LogP contribution in [0.4, 0.5) is 10.1 Å². The number of unbranched alkanes of at least 4 members (excludes halogenated alkanes) is 5. The zero-order valence-electron chi connectivity index (χ0n) is 34.4. The van der Waals surface area contributed by atoms with Crippen molar-refractivity contribution < 1.29 is 33.5 Å². The Morgan fingerprint density at radius 3 is 2.30 bits per heavy atom. The number of aromatic amines is 1. The second kappa shape index (κ2) is 19.7. The van der Waals surface area contributed by atoms with Gasteiger partial charge in [-0.2, -0.15) is 0 Å². The predicted octanol–water partition coefficient (Wildman–Crippen LogP) is 4.77. The van der Waals surface area contributed by atoms with Crippen LogP contribution in [0.15, 0.2) is 18.2 Å². The summed E-state index contributed by atoms with van der Waals surface area (Å²) < 4.78 is 13.9. The quantitative estimate of drug-likeness (QED) is 0.114. The van der Waals surface area contributed by atoms with Crippen molar-refractivity contribution in [1.29, 1.82) is 0 Å². The maximum Gasteiger partial charge on any atom is 0.256 e. The molecule has 0 spiro atoms. The Balaban J connectivity index is 0.912. The smallest absolute Gasteiger partial charge is 0.256 e. The molecule has 2 saturated heterocycles. The summed E-state index contributed by atoms with van der Waals surface area (Å²) in [6.07, 6.45) is 8.93. The van der Waals surface area contributed by atoms with Crippen molar-refractivity contribution in [3.63, 3.8) is 0 Å². The molecule has 13 nitrogen and oxygen atoms in total. The number of nitrogens with zero attached hydrogens (tertiary/aromatic N) is 3. The SMILES string of the molecule is Cc1[nH]c(/C=C2\C(=O)Nc3ccc(F)cc32)c(C)c1C(=O)NCCCN1CCN(C(=O)CCCCCCCCC(=O)N[C@H](C(=O)N2CC[C@@H](O)C2)C(C)(C)C)CC1. The van der Waals surface area contributed by atoms with Crippen LogP contribution in [0.5, 0.6) is 0 Å². The normalized spacial score (nSPS) is 18.5. The number of nitrogens with one attached hydrogen (secondary N) is 4. The van der Waals surface area contributed by atoms with Crippen molar-refractivity contribution in [2.45, 2.75) is 111 Å². The molecule has 3 aliphatic heterocycles. The Morgan fingerprint density at radius 2 is 1.63 bits per heavy atom. The summed E-state index contributed by atoms with van der Waals surface area (Å²) in [4.78, 5) is 73.5. The minimum Gasteiger partial charge on any atom is -0.391 e. The Morgan fingerprint density at radius 1 is 0.947 bits per heavy atom. The first kappa shape index (κ1) is 43.6. The first-order valence-corrected chi connectivity index (χ1v) is 20.7. The van der Waals surface area contributed by atoms with Gasteiger partial charge in [-0.3, -0.25) is 28.9 Å². The lowest BCUT2D eigenvalue weighted by atomic mass is 9.85. The minimum absolute atomic E-state index is 0.117. The summed E-state index contributed by atoms with van der Waals surface area (Å²) >= 11 is 0. The molecule has 2 atom stereocenters. The standard InChI is InChI=1S/C43H62FN7O6/c1-28-35(26-33-32-25-30(44)15-16-34(32)47-40(33)55)46-29(2)38(28)41(56)45-18-12-19-49-21-23-50(24-22-49)37(54)14-11-9-7-6-8-10-13-36(53)48-39(43(3,4)5)42(57)51-20-17-31(52)27-51/h15-16,25-26,31,39,46,52H,6-14,17-24,27H2,1-5H3,(H,45,56)(H,47,55)(H,48,53)/b33-26-/t31-,39-/m1/s1. The fourth-order valence-corrected chi connectivity index (χ4v) is 7.95. The van der Waals surface area contributed by atoms with E-state index in [4.69, 9.17) is 0 Å². The van der Waals surface area contributed by atoms with Gasteiger partial charge in [0.1, 0.15) is 11.9 Å². The van der Waals surface area contributed by atoms with Gasteiger partial charge in [0.2, 0.25) is 17.7 Å². The van der Waals surface area contributed by atoms with Gasteiger partial charge in [0.15, 0.2) is 0 Å². The van der Waals surface area contributed by atoms with Crippen LogP contribution >= 0.6 is 0 Å². The van der Waals surface area contributed by atoms with E-state index in [1.54, 1.807) is 11.0 Å². The van der Waals surface area contributed by atoms with Gasteiger partial charge in [-0.25, -0.2) is 4.39 Å². The van der Waals surface area contributed by atoms with Gasteiger partial charge in [0.05, 0.1) is 17.2 Å². The van der Waals surface area contributed by atoms with Crippen molar-refractivity contribution in [3.8, 4) is 0 Å². The molecule has 1 aromatic heterocycles. The topological polar surface area (TPSA) is 167 Å². The highest BCUT2D eigenvalue weighted by atomic mass is 19.1. The number of benzene rings is 1. The lowest BCUT2D eigenvalue weighted by Crippen LogP contribution is -2.54. The summed E-state index contributed by atoms with van der Waals surface area (Å²) in [5.74, 6) is -0.983. The number of anilines is 1. The zero-order chi connectivity index (χ0) is 41.3. The van der Waals surface area contributed by atoms with Crippen LogP contribution in [-0.2, 0) is 19.2 Å². The van der Waals surface area contributed by atoms with E-state index in [0.717, 1.165) is 70.1 Å². The van der Waals surface area contributed by atoms with E-state index < -0.39 is 23.4 Å². The van der Waals surface area contributed by atoms with Crippen LogP contribution in [0.2, 0.25) is 0 Å². The first-order chi connectivity index (χ1) is 27.1. The average Bonchev–Trinajstić information content (AvgIpc) is 3.82. The van der Waals surface area contributed by atoms with Gasteiger partial charge in [0.25, 0.3) is 11.8 Å². The van der Waals surface area contributed by atoms with Crippen LogP contribution in [0.3, 0.4) is 0 Å². The summed E-state index contributed by atoms with van der Waals surface area (Å²) in [5.41, 5.74) is 3.53. The second-order valence-electron chi connectivity index (χ2n) is 16.9. The van der Waals surface area contributed by atoms with Gasteiger partial charge in [-0.15, -0.1) is 0 Å². The third-order valence-corrected chi connectivity index (χ3v) is 11.4. The number of aryl methyl sites for hydroxylation is 1. The Kier molecular flexibility index (Phi) is 15.1. The van der Waals surface area contributed by atoms with Crippen LogP contribution in [0.25, 0.3) is 11.6 Å². The number of hydrogen-bond donors (Lipinski definition) is 5. The van der Waals surface area contributed by atoms with Gasteiger partial charge in [-0.05, 0) is 81.3 Å². The maximum atomic E-state index is 13.9. The number of fused-ring (bicyclic) bond motifs is 1. The highest BCUT2D eigenvalue weighted by Crippen LogP contribution is 2.34. The minimum atomic E-state index is -0.619. The molecule has 0 unspecified atom stereocenters. The number of rotatable bonds is 17. The lowest BCUT2D eigenvalue weighted by Gasteiger charge is -2.34. The fraction of sp³-hybridized carbons (Fsp3) is 0.605. The third kappa shape index (κ3) is 11.8. The van der Waals surface area contributed by atoms with E-state index in [0.29, 0.717) is 85.8 Å². The Labute approximate surface area is 336 Å². The maximum absolute atomic E-state index is 13.9. The molecule has 0 saturated carbocycles. The summed E-state index contributed by atoms with van der Waals surface area (Å²) in [7, 11) is 0. The van der Waals surface area contributed by atoms with Crippen molar-refractivity contribution in [1.82, 2.24) is 30.3 Å². The van der Waals surface area contributed by atoms with E-state index in [1.807, 2.05) is 39.5 Å². The molecule has 2 fully saturated rings. The Hall–Kier alpha value is -4.56. The lowest BCUT2D eigenvalue weighted by molar-refractivity contribution is -0.139. The largest absolute Gasteiger partial charge is 0.391 e. The number of H-pyrrole nitrogens is 1. The number of β-amino-alcohol motifs (C(OH)–C–C–N with tert-alkyl or cyclic N) is 1. The van der Waals surface area contributed by atoms with Crippen LogP contribution in [0.1, 0.15) is 118 Å². The number of carbonyl (C=O) groups excluding carboxylic acids is 5. The van der Waals surface area contributed by atoms with Gasteiger partial charge in [0, 0.05) is 81.3 Å². The third-order valence-electron chi connectivity index (χ3n) is 11.4. The molecule has 5 rings (SSSR count). The van der Waals surface area contributed by atoms with Crippen molar-refractivity contribution >= 4 is 46.9 Å². The number of aromatic nitrogens is 1. The van der Waals surface area contributed by atoms with Crippen molar-refractivity contribution in [2.24, 2.45) is 5.41 Å². The molecule has 0 bridgehead atoms. The summed E-state index contributed by atoms with van der Waals surface area (Å²) in [5, 5.41) is 18.6. The van der Waals surface area contributed by atoms with E-state index in [9.17, 15) is 33.5 Å². The molecular formula is C43H62FN7O6. The number of aliphatic hydroxyl groups is 1. The van der Waals surface area contributed by atoms with Crippen LogP contribution in [0, 0.1) is 25.1 Å². The van der Waals surface area contributed by atoms with E-state index in [2.05, 4.69) is 25.8 Å². The molecule has 1 aromatic carbocycles. The number of amides is 5. The number of hydrogen-bond acceptors (Lipinski definition) is 7. The number of aliphatic hydroxyl groups excluding tert-OH is 1. The fourth-order valence-electron chi connectivity index (χ4n) is 7.95.